The van der Waals surface area contributed by atoms with E-state index in [1.807, 2.05) is 26.3 Å². The van der Waals surface area contributed by atoms with Crippen molar-refractivity contribution in [2.45, 2.75) is 72.6 Å². The van der Waals surface area contributed by atoms with Gasteiger partial charge in [0.25, 0.3) is 5.56 Å². The molecule has 0 aromatic carbocycles. The monoisotopic (exact) mass is 518 g/mol. The largest absolute Gasteiger partial charge is 0.404 e. The van der Waals surface area contributed by atoms with Crippen molar-refractivity contribution in [2.75, 3.05) is 13.7 Å². The van der Waals surface area contributed by atoms with E-state index in [9.17, 15) is 4.79 Å². The average molecular weight is 519 g/mol. The minimum atomic E-state index is -0.112. The molecule has 204 valence electrons. The van der Waals surface area contributed by atoms with E-state index in [4.69, 9.17) is 15.5 Å². The van der Waals surface area contributed by atoms with Gasteiger partial charge in [-0.2, -0.15) is 0 Å². The number of pyridine rings is 1. The van der Waals surface area contributed by atoms with E-state index >= 15 is 0 Å². The van der Waals surface area contributed by atoms with Crippen LogP contribution in [0.5, 0.6) is 0 Å². The van der Waals surface area contributed by atoms with Gasteiger partial charge in [0, 0.05) is 80.9 Å². The third-order valence-corrected chi connectivity index (χ3v) is 6.72. The van der Waals surface area contributed by atoms with Gasteiger partial charge >= 0.3 is 0 Å². The van der Waals surface area contributed by atoms with Crippen LogP contribution in [0.2, 0.25) is 0 Å². The minimum Gasteiger partial charge on any atom is -0.404 e. The van der Waals surface area contributed by atoms with Gasteiger partial charge in [-0.3, -0.25) is 19.3 Å². The molecule has 8 nitrogen and oxygen atoms in total. The number of hydrogen-bond acceptors (Lipinski definition) is 7. The van der Waals surface area contributed by atoms with E-state index in [1.54, 1.807) is 24.9 Å². The minimum absolute atomic E-state index is 0.112. The molecular formula is C30H42N6O2. The summed E-state index contributed by atoms with van der Waals surface area (Å²) in [6.45, 7) is 14.5. The number of ether oxygens (including phenoxy) is 1. The van der Waals surface area contributed by atoms with Crippen LogP contribution in [-0.4, -0.2) is 45.3 Å². The molecule has 1 aliphatic carbocycles. The van der Waals surface area contributed by atoms with Crippen LogP contribution in [0.1, 0.15) is 75.3 Å². The normalized spacial score (nSPS) is 16.1. The molecule has 3 heterocycles. The Bertz CT molecular complexity index is 1300. The molecule has 1 fully saturated rings. The zero-order valence-corrected chi connectivity index (χ0v) is 23.8. The highest BCUT2D eigenvalue weighted by molar-refractivity contribution is 6.09. The molecule has 8 heteroatoms. The molecule has 0 radical (unpaired) electrons. The molecule has 2 aromatic heterocycles. The Balaban J connectivity index is 0.00000127. The predicted molar refractivity (Wildman–Crippen MR) is 156 cm³/mol. The van der Waals surface area contributed by atoms with Crippen LogP contribution in [0.25, 0.3) is 11.1 Å². The van der Waals surface area contributed by atoms with E-state index < -0.39 is 0 Å². The first-order valence-electron chi connectivity index (χ1n) is 13.3. The van der Waals surface area contributed by atoms with E-state index in [0.29, 0.717) is 30.7 Å². The quantitative estimate of drug-likeness (QED) is 0.404. The predicted octanol–water partition coefficient (Wildman–Crippen LogP) is 4.64. The second-order valence-corrected chi connectivity index (χ2v) is 9.94. The maximum Gasteiger partial charge on any atom is 0.253 e. The summed E-state index contributed by atoms with van der Waals surface area (Å²) >= 11 is 0. The van der Waals surface area contributed by atoms with Crippen LogP contribution in [0.3, 0.4) is 0 Å². The third kappa shape index (κ3) is 7.07. The summed E-state index contributed by atoms with van der Waals surface area (Å²) in [7, 11) is 3.33. The Morgan fingerprint density at radius 2 is 2.00 bits per heavy atom. The van der Waals surface area contributed by atoms with Gasteiger partial charge in [-0.1, -0.05) is 26.8 Å². The number of nitrogens with zero attached hydrogens (tertiary/aromatic N) is 5. The van der Waals surface area contributed by atoms with Crippen LogP contribution in [-0.2, 0) is 31.4 Å². The number of aromatic nitrogens is 3. The molecule has 2 aromatic rings. The molecule has 38 heavy (non-hydrogen) atoms. The summed E-state index contributed by atoms with van der Waals surface area (Å²) in [6, 6.07) is 4.11. The molecule has 0 saturated heterocycles. The second-order valence-electron chi connectivity index (χ2n) is 9.94. The lowest BCUT2D eigenvalue weighted by Crippen LogP contribution is -2.31. The summed E-state index contributed by atoms with van der Waals surface area (Å²) in [5.41, 5.74) is 13.3. The van der Waals surface area contributed by atoms with Gasteiger partial charge in [0.15, 0.2) is 0 Å². The average Bonchev–Trinajstić information content (AvgIpc) is 3.74. The summed E-state index contributed by atoms with van der Waals surface area (Å²) in [5, 5.41) is 0. The van der Waals surface area contributed by atoms with Crippen LogP contribution >= 0.6 is 0 Å². The van der Waals surface area contributed by atoms with Crippen molar-refractivity contribution in [3.63, 3.8) is 0 Å². The van der Waals surface area contributed by atoms with Gasteiger partial charge in [0.05, 0.1) is 18.3 Å². The van der Waals surface area contributed by atoms with Crippen molar-refractivity contribution in [3.8, 4) is 0 Å². The van der Waals surface area contributed by atoms with E-state index in [2.05, 4.69) is 41.4 Å². The highest BCUT2D eigenvalue weighted by Gasteiger charge is 2.22. The lowest BCUT2D eigenvalue weighted by atomic mass is 9.99. The maximum atomic E-state index is 12.5. The standard InChI is InChI=1S/C27H34N6O2.C3H8/c1-17(18(2)27-31-24(16-35-5)11-26(34)32(27)4)19(3)33-9-8-25-21(15-33)10-20(13-30-25)22(12-28)14-29-23-6-7-23;1-3-2/h10-14,23H,3,6-9,15-16,28H2,1-2,4-5H3;3H2,1-2H3/b18-17-,22-12+,29-14?;. The molecule has 0 bridgehead atoms. The molecule has 1 saturated carbocycles. The highest BCUT2D eigenvalue weighted by atomic mass is 16.5. The fourth-order valence-corrected chi connectivity index (χ4v) is 4.20. The first kappa shape index (κ1) is 29.0. The van der Waals surface area contributed by atoms with Gasteiger partial charge in [0.2, 0.25) is 0 Å². The fraction of sp³-hybridized carbons (Fsp3) is 0.467. The fourth-order valence-electron chi connectivity index (χ4n) is 4.20. The Hall–Kier alpha value is -3.52. The van der Waals surface area contributed by atoms with Gasteiger partial charge in [0.1, 0.15) is 5.82 Å². The van der Waals surface area contributed by atoms with Crippen LogP contribution < -0.4 is 11.3 Å². The molecule has 2 N–H and O–H groups in total. The summed E-state index contributed by atoms with van der Waals surface area (Å²) < 4.78 is 6.75. The smallest absolute Gasteiger partial charge is 0.253 e. The third-order valence-electron chi connectivity index (χ3n) is 6.72. The summed E-state index contributed by atoms with van der Waals surface area (Å²) in [5.74, 6) is 0.622. The van der Waals surface area contributed by atoms with Crippen molar-refractivity contribution in [1.29, 1.82) is 0 Å². The number of aliphatic imine (C=N–C) groups is 1. The van der Waals surface area contributed by atoms with Gasteiger partial charge in [-0.05, 0) is 49.5 Å². The van der Waals surface area contributed by atoms with Crippen molar-refractivity contribution in [2.24, 2.45) is 17.8 Å². The molecule has 0 atom stereocenters. The zero-order valence-electron chi connectivity index (χ0n) is 23.8. The SMILES string of the molecule is C=C(/C(C)=C(/C)c1nc(COC)cc(=O)n1C)N1CCc2ncc(/C(C=NC3CC3)=C/N)cc2C1.CCC. The van der Waals surface area contributed by atoms with E-state index in [-0.39, 0.29) is 5.56 Å². The lowest BCUT2D eigenvalue weighted by molar-refractivity contribution is 0.181. The molecule has 0 amide bonds. The van der Waals surface area contributed by atoms with Crippen molar-refractivity contribution < 1.29 is 4.74 Å². The first-order valence-corrected chi connectivity index (χ1v) is 13.3. The second kappa shape index (κ2) is 13.3. The summed E-state index contributed by atoms with van der Waals surface area (Å²) in [4.78, 5) is 28.7. The maximum absolute atomic E-state index is 12.5. The topological polar surface area (TPSA) is 98.6 Å². The molecule has 4 rings (SSSR count). The Kier molecular flexibility index (Phi) is 10.2. The van der Waals surface area contributed by atoms with Crippen LogP contribution in [0.4, 0.5) is 0 Å². The number of hydrogen-bond donors (Lipinski definition) is 1. The Morgan fingerprint density at radius 3 is 2.63 bits per heavy atom. The van der Waals surface area contributed by atoms with Crippen molar-refractivity contribution >= 4 is 17.4 Å². The molecule has 2 aliphatic rings. The van der Waals surface area contributed by atoms with Crippen LogP contribution in [0, 0.1) is 0 Å². The molecule has 0 spiro atoms. The zero-order chi connectivity index (χ0) is 27.8. The van der Waals surface area contributed by atoms with Gasteiger partial charge < -0.3 is 15.4 Å². The van der Waals surface area contributed by atoms with E-state index in [1.165, 1.54) is 12.5 Å². The Labute approximate surface area is 226 Å². The number of nitrogens with two attached hydrogens (primary N) is 1. The summed E-state index contributed by atoms with van der Waals surface area (Å²) in [6.07, 6.45) is 9.74. The molecule has 0 unspecified atom stereocenters. The van der Waals surface area contributed by atoms with Crippen molar-refractivity contribution in [1.82, 2.24) is 19.4 Å². The molecular weight excluding hydrogens is 476 g/mol. The van der Waals surface area contributed by atoms with Crippen molar-refractivity contribution in [3.05, 3.63) is 81.1 Å². The number of allylic oxidation sites excluding steroid dienone is 3. The highest BCUT2D eigenvalue weighted by Crippen LogP contribution is 2.29. The lowest BCUT2D eigenvalue weighted by Gasteiger charge is -2.33. The van der Waals surface area contributed by atoms with Crippen LogP contribution in [0.15, 0.2) is 52.2 Å². The number of methoxy groups -OCH3 is 1. The van der Waals surface area contributed by atoms with Gasteiger partial charge in [-0.15, -0.1) is 0 Å². The Morgan fingerprint density at radius 1 is 1.29 bits per heavy atom. The van der Waals surface area contributed by atoms with E-state index in [0.717, 1.165) is 65.0 Å². The number of fused-ring (bicyclic) bond motifs is 1. The molecule has 1 aliphatic heterocycles. The number of rotatable bonds is 8. The first-order chi connectivity index (χ1) is 18.2. The van der Waals surface area contributed by atoms with Gasteiger partial charge in [-0.25, -0.2) is 4.98 Å².